The van der Waals surface area contributed by atoms with Crippen LogP contribution >= 0.6 is 11.6 Å². The van der Waals surface area contributed by atoms with Gasteiger partial charge in [0, 0.05) is 6.54 Å². The summed E-state index contributed by atoms with van der Waals surface area (Å²) in [6.07, 6.45) is 0. The van der Waals surface area contributed by atoms with Crippen molar-refractivity contribution in [3.8, 4) is 0 Å². The number of anilines is 1. The lowest BCUT2D eigenvalue weighted by molar-refractivity contribution is 0.472. The van der Waals surface area contributed by atoms with E-state index in [1.54, 1.807) is 24.3 Å². The van der Waals surface area contributed by atoms with Crippen LogP contribution in [0.4, 0.5) is 5.69 Å². The third-order valence-corrected chi connectivity index (χ3v) is 3.12. The first kappa shape index (κ1) is 12.3. The highest BCUT2D eigenvalue weighted by molar-refractivity contribution is 7.86. The van der Waals surface area contributed by atoms with E-state index in [1.807, 2.05) is 0 Å². The Morgan fingerprint density at radius 1 is 1.47 bits per heavy atom. The maximum atomic E-state index is 10.8. The topological polar surface area (TPSA) is 92.4 Å². The summed E-state index contributed by atoms with van der Waals surface area (Å²) in [4.78, 5) is 0. The summed E-state index contributed by atoms with van der Waals surface area (Å²) in [7, 11) is -4.22. The van der Waals surface area contributed by atoms with Gasteiger partial charge in [0.15, 0.2) is 5.37 Å². The molecule has 0 aliphatic heterocycles. The largest absolute Gasteiger partial charge is 0.365 e. The Balaban J connectivity index is 2.90. The van der Waals surface area contributed by atoms with Crippen LogP contribution in [0.5, 0.6) is 0 Å². The molecule has 0 bridgehead atoms. The van der Waals surface area contributed by atoms with Crippen LogP contribution in [0.1, 0.15) is 0 Å². The molecule has 4 N–H and O–H groups in total. The minimum atomic E-state index is -4.22. The van der Waals surface area contributed by atoms with Crippen molar-refractivity contribution in [1.82, 2.24) is 0 Å². The molecule has 0 heterocycles. The van der Waals surface area contributed by atoms with E-state index in [-0.39, 0.29) is 6.54 Å². The van der Waals surface area contributed by atoms with Gasteiger partial charge < -0.3 is 11.1 Å². The number of rotatable bonds is 4. The van der Waals surface area contributed by atoms with Crippen molar-refractivity contribution in [2.24, 2.45) is 5.73 Å². The molecule has 0 amide bonds. The average molecular weight is 251 g/mol. The van der Waals surface area contributed by atoms with Gasteiger partial charge in [0.2, 0.25) is 0 Å². The zero-order valence-corrected chi connectivity index (χ0v) is 9.29. The number of nitrogens with one attached hydrogen (secondary N) is 1. The molecule has 0 aliphatic rings. The number of benzene rings is 1. The van der Waals surface area contributed by atoms with Gasteiger partial charge in [0.05, 0.1) is 10.7 Å². The van der Waals surface area contributed by atoms with Gasteiger partial charge in [-0.05, 0) is 12.1 Å². The zero-order chi connectivity index (χ0) is 11.5. The molecule has 15 heavy (non-hydrogen) atoms. The van der Waals surface area contributed by atoms with Gasteiger partial charge in [0.25, 0.3) is 10.1 Å². The summed E-state index contributed by atoms with van der Waals surface area (Å²) in [6, 6.07) is 6.59. The van der Waals surface area contributed by atoms with Gasteiger partial charge in [0.1, 0.15) is 0 Å². The van der Waals surface area contributed by atoms with Gasteiger partial charge in [-0.15, -0.1) is 0 Å². The molecule has 0 saturated heterocycles. The maximum Gasteiger partial charge on any atom is 0.287 e. The summed E-state index contributed by atoms with van der Waals surface area (Å²) >= 11 is 5.80. The van der Waals surface area contributed by atoms with Gasteiger partial charge in [-0.3, -0.25) is 4.55 Å². The van der Waals surface area contributed by atoms with E-state index in [1.165, 1.54) is 0 Å². The molecular weight excluding hydrogens is 240 g/mol. The SMILES string of the molecule is NCC(Nc1ccccc1Cl)S(=O)(=O)O. The third kappa shape index (κ3) is 3.35. The predicted octanol–water partition coefficient (Wildman–Crippen LogP) is 0.924. The second kappa shape index (κ2) is 4.80. The molecule has 0 saturated carbocycles. The lowest BCUT2D eigenvalue weighted by Crippen LogP contribution is -2.36. The molecule has 0 fully saturated rings. The Bertz CT molecular complexity index is 435. The summed E-state index contributed by atoms with van der Waals surface area (Å²) < 4.78 is 30.5. The normalized spacial score (nSPS) is 13.5. The highest BCUT2D eigenvalue weighted by Crippen LogP contribution is 2.21. The second-order valence-corrected chi connectivity index (χ2v) is 4.87. The Labute approximate surface area is 93.0 Å². The molecule has 0 aromatic heterocycles. The van der Waals surface area contributed by atoms with Gasteiger partial charge in [-0.1, -0.05) is 23.7 Å². The van der Waals surface area contributed by atoms with E-state index in [0.717, 1.165) is 0 Å². The molecule has 1 atom stereocenters. The summed E-state index contributed by atoms with van der Waals surface area (Å²) in [6.45, 7) is -0.246. The van der Waals surface area contributed by atoms with Crippen LogP contribution in [0.25, 0.3) is 0 Å². The molecule has 5 nitrogen and oxygen atoms in total. The molecule has 0 aliphatic carbocycles. The van der Waals surface area contributed by atoms with E-state index >= 15 is 0 Å². The Hall–Kier alpha value is -0.820. The smallest absolute Gasteiger partial charge is 0.287 e. The van der Waals surface area contributed by atoms with Crippen molar-refractivity contribution in [1.29, 1.82) is 0 Å². The van der Waals surface area contributed by atoms with E-state index in [2.05, 4.69) is 5.32 Å². The molecule has 0 radical (unpaired) electrons. The Kier molecular flexibility index (Phi) is 3.92. The van der Waals surface area contributed by atoms with Gasteiger partial charge in [-0.2, -0.15) is 8.42 Å². The highest BCUT2D eigenvalue weighted by Gasteiger charge is 2.21. The number of hydrogen-bond donors (Lipinski definition) is 3. The van der Waals surface area contributed by atoms with Crippen molar-refractivity contribution in [2.45, 2.75) is 5.37 Å². The number of nitrogens with two attached hydrogens (primary N) is 1. The lowest BCUT2D eigenvalue weighted by Gasteiger charge is -2.15. The predicted molar refractivity (Wildman–Crippen MR) is 59.5 cm³/mol. The lowest BCUT2D eigenvalue weighted by atomic mass is 10.3. The van der Waals surface area contributed by atoms with Crippen molar-refractivity contribution in [2.75, 3.05) is 11.9 Å². The zero-order valence-electron chi connectivity index (χ0n) is 7.72. The third-order valence-electron chi connectivity index (χ3n) is 1.76. The fourth-order valence-corrected chi connectivity index (χ4v) is 1.72. The fourth-order valence-electron chi connectivity index (χ4n) is 1.01. The highest BCUT2D eigenvalue weighted by atomic mass is 35.5. The average Bonchev–Trinajstić information content (AvgIpc) is 2.14. The van der Waals surface area contributed by atoms with Gasteiger partial charge >= 0.3 is 0 Å². The van der Waals surface area contributed by atoms with Crippen LogP contribution < -0.4 is 11.1 Å². The van der Waals surface area contributed by atoms with Crippen LogP contribution in [0.15, 0.2) is 24.3 Å². The molecule has 84 valence electrons. The number of halogens is 1. The maximum absolute atomic E-state index is 10.8. The van der Waals surface area contributed by atoms with E-state index < -0.39 is 15.5 Å². The number of hydrogen-bond acceptors (Lipinski definition) is 4. The standard InChI is InChI=1S/C8H11ClN2O3S/c9-6-3-1-2-4-7(6)11-8(5-10)15(12,13)14/h1-4,8,11H,5,10H2,(H,12,13,14). The van der Waals surface area contributed by atoms with Crippen LogP contribution in [-0.4, -0.2) is 24.9 Å². The minimum absolute atomic E-state index is 0.246. The van der Waals surface area contributed by atoms with E-state index in [4.69, 9.17) is 21.9 Å². The summed E-state index contributed by atoms with van der Waals surface area (Å²) in [5.41, 5.74) is 5.62. The van der Waals surface area contributed by atoms with Crippen molar-refractivity contribution >= 4 is 27.4 Å². The van der Waals surface area contributed by atoms with Crippen LogP contribution in [-0.2, 0) is 10.1 Å². The minimum Gasteiger partial charge on any atom is -0.365 e. The molecule has 1 unspecified atom stereocenters. The summed E-state index contributed by atoms with van der Waals surface area (Å²) in [5.74, 6) is 0. The van der Waals surface area contributed by atoms with Crippen molar-refractivity contribution in [3.63, 3.8) is 0 Å². The van der Waals surface area contributed by atoms with Crippen molar-refractivity contribution < 1.29 is 13.0 Å². The van der Waals surface area contributed by atoms with E-state index in [0.29, 0.717) is 10.7 Å². The molecule has 0 spiro atoms. The molecule has 7 heteroatoms. The fraction of sp³-hybridized carbons (Fsp3) is 0.250. The van der Waals surface area contributed by atoms with E-state index in [9.17, 15) is 8.42 Å². The van der Waals surface area contributed by atoms with Crippen LogP contribution in [0.3, 0.4) is 0 Å². The molecular formula is C8H11ClN2O3S. The number of para-hydroxylation sites is 1. The monoisotopic (exact) mass is 250 g/mol. The quantitative estimate of drug-likeness (QED) is 0.691. The van der Waals surface area contributed by atoms with Crippen LogP contribution in [0.2, 0.25) is 5.02 Å². The molecule has 1 aromatic carbocycles. The molecule has 1 aromatic rings. The molecule has 1 rings (SSSR count). The first-order chi connectivity index (χ1) is 6.95. The second-order valence-electron chi connectivity index (χ2n) is 2.86. The first-order valence-corrected chi connectivity index (χ1v) is 6.00. The summed E-state index contributed by atoms with van der Waals surface area (Å²) in [5, 5.41) is 1.65. The van der Waals surface area contributed by atoms with Crippen LogP contribution in [0, 0.1) is 0 Å². The first-order valence-electron chi connectivity index (χ1n) is 4.12. The van der Waals surface area contributed by atoms with Crippen molar-refractivity contribution in [3.05, 3.63) is 29.3 Å². The Morgan fingerprint density at radius 3 is 2.53 bits per heavy atom. The van der Waals surface area contributed by atoms with Gasteiger partial charge in [-0.25, -0.2) is 0 Å². The Morgan fingerprint density at radius 2 is 2.07 bits per heavy atom.